The van der Waals surface area contributed by atoms with Crippen molar-refractivity contribution in [2.24, 2.45) is 0 Å². The van der Waals surface area contributed by atoms with Gasteiger partial charge in [-0.2, -0.15) is 0 Å². The molecule has 0 spiro atoms. The third-order valence-corrected chi connectivity index (χ3v) is 5.81. The maximum Gasteiger partial charge on any atom is 0.255 e. The zero-order valence-electron chi connectivity index (χ0n) is 16.4. The van der Waals surface area contributed by atoms with Gasteiger partial charge in [0.05, 0.1) is 4.90 Å². The van der Waals surface area contributed by atoms with Crippen molar-refractivity contribution in [1.82, 2.24) is 4.72 Å². The van der Waals surface area contributed by atoms with E-state index in [1.165, 1.54) is 19.2 Å². The number of carbonyl (C=O) groups is 1. The molecular weight excluding hydrogens is 388 g/mol. The molecule has 3 rings (SSSR count). The van der Waals surface area contributed by atoms with Gasteiger partial charge in [-0.05, 0) is 75.0 Å². The number of carbonyl (C=O) groups excluding carboxylic acids is 1. The molecule has 0 aliphatic rings. The maximum absolute atomic E-state index is 12.7. The molecule has 0 aromatic heterocycles. The van der Waals surface area contributed by atoms with Crippen LogP contribution < -0.4 is 14.8 Å². The van der Waals surface area contributed by atoms with E-state index < -0.39 is 10.0 Å². The van der Waals surface area contributed by atoms with E-state index in [0.29, 0.717) is 22.6 Å². The number of amides is 1. The molecule has 0 aliphatic heterocycles. The highest BCUT2D eigenvalue weighted by atomic mass is 32.2. The van der Waals surface area contributed by atoms with Crippen LogP contribution in [0.2, 0.25) is 0 Å². The Kier molecular flexibility index (Phi) is 6.00. The Morgan fingerprint density at radius 1 is 0.862 bits per heavy atom. The third-order valence-electron chi connectivity index (χ3n) is 4.40. The molecule has 6 nitrogen and oxygen atoms in total. The minimum absolute atomic E-state index is 0.0394. The van der Waals surface area contributed by atoms with Gasteiger partial charge in [-0.25, -0.2) is 13.1 Å². The number of rotatable bonds is 6. The van der Waals surface area contributed by atoms with E-state index in [0.717, 1.165) is 11.3 Å². The van der Waals surface area contributed by atoms with Gasteiger partial charge in [-0.1, -0.05) is 23.8 Å². The van der Waals surface area contributed by atoms with E-state index in [1.54, 1.807) is 37.3 Å². The summed E-state index contributed by atoms with van der Waals surface area (Å²) in [4.78, 5) is 12.7. The summed E-state index contributed by atoms with van der Waals surface area (Å²) < 4.78 is 32.0. The summed E-state index contributed by atoms with van der Waals surface area (Å²) in [5, 5.41) is 2.78. The summed E-state index contributed by atoms with van der Waals surface area (Å²) in [7, 11) is -2.30. The monoisotopic (exact) mass is 410 g/mol. The Labute approximate surface area is 170 Å². The number of hydrogen-bond acceptors (Lipinski definition) is 4. The molecule has 0 fully saturated rings. The minimum Gasteiger partial charge on any atom is -0.457 e. The fourth-order valence-corrected chi connectivity index (χ4v) is 3.43. The van der Waals surface area contributed by atoms with Crippen molar-refractivity contribution in [2.75, 3.05) is 12.4 Å². The van der Waals surface area contributed by atoms with Crippen LogP contribution in [0.25, 0.3) is 0 Å². The van der Waals surface area contributed by atoms with Crippen LogP contribution in [0.5, 0.6) is 11.5 Å². The Morgan fingerprint density at radius 2 is 1.45 bits per heavy atom. The van der Waals surface area contributed by atoms with E-state index >= 15 is 0 Å². The number of sulfonamides is 1. The van der Waals surface area contributed by atoms with Gasteiger partial charge in [0, 0.05) is 11.3 Å². The molecule has 3 aromatic rings. The van der Waals surface area contributed by atoms with E-state index in [2.05, 4.69) is 10.0 Å². The summed E-state index contributed by atoms with van der Waals surface area (Å²) in [6.45, 7) is 3.76. The summed E-state index contributed by atoms with van der Waals surface area (Å²) >= 11 is 0. The predicted octanol–water partition coefficient (Wildman–Crippen LogP) is 4.26. The number of nitrogens with one attached hydrogen (secondary N) is 2. The molecule has 29 heavy (non-hydrogen) atoms. The lowest BCUT2D eigenvalue weighted by atomic mass is 10.1. The maximum atomic E-state index is 12.7. The molecular formula is C22H22N2O4S. The molecule has 0 unspecified atom stereocenters. The van der Waals surface area contributed by atoms with E-state index in [1.807, 2.05) is 31.2 Å². The van der Waals surface area contributed by atoms with Crippen molar-refractivity contribution in [2.45, 2.75) is 18.7 Å². The van der Waals surface area contributed by atoms with E-state index in [4.69, 9.17) is 4.74 Å². The second-order valence-electron chi connectivity index (χ2n) is 6.58. The summed E-state index contributed by atoms with van der Waals surface area (Å²) in [5.74, 6) is 0.985. The van der Waals surface area contributed by atoms with Crippen LogP contribution in [0.4, 0.5) is 5.69 Å². The van der Waals surface area contributed by atoms with Gasteiger partial charge in [0.15, 0.2) is 0 Å². The van der Waals surface area contributed by atoms with Crippen LogP contribution in [0.1, 0.15) is 21.5 Å². The molecule has 0 aliphatic carbocycles. The van der Waals surface area contributed by atoms with Gasteiger partial charge >= 0.3 is 0 Å². The lowest BCUT2D eigenvalue weighted by Crippen LogP contribution is -2.20. The van der Waals surface area contributed by atoms with Gasteiger partial charge in [0.1, 0.15) is 11.5 Å². The summed E-state index contributed by atoms with van der Waals surface area (Å²) in [5.41, 5.74) is 2.70. The summed E-state index contributed by atoms with van der Waals surface area (Å²) in [6.07, 6.45) is 0. The molecule has 1 amide bonds. The quantitative estimate of drug-likeness (QED) is 0.636. The molecule has 0 saturated carbocycles. The first kappa shape index (κ1) is 20.6. The lowest BCUT2D eigenvalue weighted by molar-refractivity contribution is 0.102. The molecule has 3 aromatic carbocycles. The highest BCUT2D eigenvalue weighted by molar-refractivity contribution is 7.89. The Balaban J connectivity index is 1.74. The largest absolute Gasteiger partial charge is 0.457 e. The van der Waals surface area contributed by atoms with Crippen LogP contribution in [0.3, 0.4) is 0 Å². The smallest absolute Gasteiger partial charge is 0.255 e. The lowest BCUT2D eigenvalue weighted by Gasteiger charge is -2.11. The van der Waals surface area contributed by atoms with Gasteiger partial charge in [-0.3, -0.25) is 4.79 Å². The minimum atomic E-state index is -3.63. The summed E-state index contributed by atoms with van der Waals surface area (Å²) in [6, 6.07) is 19.1. The average Bonchev–Trinajstić information content (AvgIpc) is 2.71. The Hall–Kier alpha value is -3.16. The van der Waals surface area contributed by atoms with Crippen molar-refractivity contribution in [3.63, 3.8) is 0 Å². The highest BCUT2D eigenvalue weighted by Crippen LogP contribution is 2.24. The number of benzene rings is 3. The van der Waals surface area contributed by atoms with Crippen LogP contribution in [0, 0.1) is 13.8 Å². The molecule has 0 radical (unpaired) electrons. The van der Waals surface area contributed by atoms with Gasteiger partial charge in [-0.15, -0.1) is 0 Å². The number of aryl methyl sites for hydroxylation is 2. The topological polar surface area (TPSA) is 84.5 Å². The van der Waals surface area contributed by atoms with Crippen molar-refractivity contribution >= 4 is 21.6 Å². The van der Waals surface area contributed by atoms with Crippen molar-refractivity contribution in [3.8, 4) is 11.5 Å². The van der Waals surface area contributed by atoms with Crippen LogP contribution >= 0.6 is 0 Å². The normalized spacial score (nSPS) is 11.1. The van der Waals surface area contributed by atoms with Crippen LogP contribution in [0.15, 0.2) is 71.6 Å². The molecule has 0 bridgehead atoms. The van der Waals surface area contributed by atoms with E-state index in [9.17, 15) is 13.2 Å². The zero-order chi connectivity index (χ0) is 21.0. The van der Waals surface area contributed by atoms with E-state index in [-0.39, 0.29) is 10.8 Å². The SMILES string of the molecule is CNS(=O)(=O)c1ccc(C)c(C(=O)Nc2ccc(Oc3ccc(C)cc3)cc2)c1. The molecule has 0 heterocycles. The van der Waals surface area contributed by atoms with Crippen molar-refractivity contribution in [3.05, 3.63) is 83.4 Å². The first-order chi connectivity index (χ1) is 13.8. The number of ether oxygens (including phenoxy) is 1. The Morgan fingerprint density at radius 3 is 2.03 bits per heavy atom. The van der Waals surface area contributed by atoms with Gasteiger partial charge in [0.2, 0.25) is 10.0 Å². The van der Waals surface area contributed by atoms with Crippen LogP contribution in [-0.4, -0.2) is 21.4 Å². The molecule has 0 atom stereocenters. The number of hydrogen-bond donors (Lipinski definition) is 2. The third kappa shape index (κ3) is 5.01. The molecule has 2 N–H and O–H groups in total. The van der Waals surface area contributed by atoms with Gasteiger partial charge < -0.3 is 10.1 Å². The molecule has 7 heteroatoms. The molecule has 0 saturated heterocycles. The fraction of sp³-hybridized carbons (Fsp3) is 0.136. The first-order valence-corrected chi connectivity index (χ1v) is 10.5. The highest BCUT2D eigenvalue weighted by Gasteiger charge is 2.16. The first-order valence-electron chi connectivity index (χ1n) is 8.98. The second-order valence-corrected chi connectivity index (χ2v) is 8.46. The fourth-order valence-electron chi connectivity index (χ4n) is 2.68. The Bertz CT molecular complexity index is 1120. The molecule has 150 valence electrons. The predicted molar refractivity (Wildman–Crippen MR) is 113 cm³/mol. The average molecular weight is 410 g/mol. The standard InChI is InChI=1S/C22H22N2O4S/c1-15-4-9-18(10-5-15)28-19-11-7-17(8-12-19)24-22(25)21-14-20(13-6-16(21)2)29(26,27)23-3/h4-14,23H,1-3H3,(H,24,25). The van der Waals surface area contributed by atoms with Crippen molar-refractivity contribution < 1.29 is 17.9 Å². The zero-order valence-corrected chi connectivity index (χ0v) is 17.2. The number of anilines is 1. The van der Waals surface area contributed by atoms with Gasteiger partial charge in [0.25, 0.3) is 5.91 Å². The van der Waals surface area contributed by atoms with Crippen molar-refractivity contribution in [1.29, 1.82) is 0 Å². The second kappa shape index (κ2) is 8.46. The van der Waals surface area contributed by atoms with Crippen LogP contribution in [-0.2, 0) is 10.0 Å².